The number of hydrogen-bond donors (Lipinski definition) is 0. The smallest absolute Gasteiger partial charge is 0.339 e. The average molecular weight is 262 g/mol. The fraction of sp³-hybridized carbons (Fsp3) is 0.400. The summed E-state index contributed by atoms with van der Waals surface area (Å²) < 4.78 is 39.1. The lowest BCUT2D eigenvalue weighted by Gasteiger charge is -2.19. The van der Waals surface area contributed by atoms with Crippen molar-refractivity contribution in [1.82, 2.24) is 0 Å². The number of halogens is 1. The topological polar surface area (TPSA) is 43.4 Å². The lowest BCUT2D eigenvalue weighted by atomic mass is 10.3. The van der Waals surface area contributed by atoms with Crippen LogP contribution in [0.3, 0.4) is 0 Å². The number of benzene rings is 1. The molecule has 0 bridgehead atoms. The van der Waals surface area contributed by atoms with E-state index in [1.807, 2.05) is 12.1 Å². The van der Waals surface area contributed by atoms with Gasteiger partial charge in [-0.3, -0.25) is 0 Å². The van der Waals surface area contributed by atoms with Gasteiger partial charge in [-0.25, -0.2) is 4.39 Å². The Morgan fingerprint density at radius 1 is 1.25 bits per heavy atom. The van der Waals surface area contributed by atoms with E-state index in [0.29, 0.717) is 0 Å². The van der Waals surface area contributed by atoms with Gasteiger partial charge in [0.05, 0.1) is 8.07 Å². The van der Waals surface area contributed by atoms with Crippen LogP contribution in [-0.4, -0.2) is 22.5 Å². The van der Waals surface area contributed by atoms with Crippen molar-refractivity contribution in [3.63, 3.8) is 0 Å². The third-order valence-corrected chi connectivity index (χ3v) is 4.78. The van der Waals surface area contributed by atoms with E-state index in [9.17, 15) is 12.8 Å². The van der Waals surface area contributed by atoms with E-state index in [2.05, 4.69) is 19.6 Å². The number of rotatable bonds is 4. The van der Waals surface area contributed by atoms with Crippen molar-refractivity contribution in [2.75, 3.05) is 6.01 Å². The van der Waals surface area contributed by atoms with Crippen LogP contribution in [0.4, 0.5) is 4.39 Å². The Labute approximate surface area is 96.4 Å². The minimum absolute atomic E-state index is 0.249. The average Bonchev–Trinajstić information content (AvgIpc) is 2.16. The van der Waals surface area contributed by atoms with E-state index >= 15 is 0 Å². The van der Waals surface area contributed by atoms with E-state index in [-0.39, 0.29) is 5.75 Å². The first-order chi connectivity index (χ1) is 7.26. The molecule has 0 atom stereocenters. The Hall–Kier alpha value is -0.883. The summed E-state index contributed by atoms with van der Waals surface area (Å²) in [5.41, 5.74) is 0. The van der Waals surface area contributed by atoms with Gasteiger partial charge in [-0.1, -0.05) is 37.8 Å². The first-order valence-corrected chi connectivity index (χ1v) is 9.91. The van der Waals surface area contributed by atoms with Gasteiger partial charge in [0.15, 0.2) is 0 Å². The van der Waals surface area contributed by atoms with Crippen molar-refractivity contribution in [3.05, 3.63) is 24.3 Å². The van der Waals surface area contributed by atoms with Crippen molar-refractivity contribution < 1.29 is 17.0 Å². The summed E-state index contributed by atoms with van der Waals surface area (Å²) in [5.74, 6) is 0.249. The molecule has 0 aliphatic carbocycles. The molecule has 0 radical (unpaired) electrons. The number of alkyl halides is 1. The van der Waals surface area contributed by atoms with Crippen molar-refractivity contribution in [3.8, 4) is 5.75 Å². The molecule has 90 valence electrons. The third-order valence-electron chi connectivity index (χ3n) is 2.05. The van der Waals surface area contributed by atoms with Gasteiger partial charge in [-0.2, -0.15) is 8.42 Å². The van der Waals surface area contributed by atoms with Crippen LogP contribution in [0.1, 0.15) is 0 Å². The normalized spacial score (nSPS) is 12.5. The van der Waals surface area contributed by atoms with E-state index < -0.39 is 24.2 Å². The van der Waals surface area contributed by atoms with Gasteiger partial charge in [-0.15, -0.1) is 0 Å². The van der Waals surface area contributed by atoms with Crippen LogP contribution in [0.25, 0.3) is 0 Å². The maximum atomic E-state index is 12.2. The molecule has 6 heteroatoms. The summed E-state index contributed by atoms with van der Waals surface area (Å²) in [6.07, 6.45) is 0. The summed E-state index contributed by atoms with van der Waals surface area (Å²) in [7, 11) is -5.80. The molecule has 0 spiro atoms. The molecule has 3 nitrogen and oxygen atoms in total. The van der Waals surface area contributed by atoms with E-state index in [0.717, 1.165) is 5.19 Å². The van der Waals surface area contributed by atoms with Gasteiger partial charge >= 0.3 is 10.1 Å². The fourth-order valence-corrected chi connectivity index (χ4v) is 3.33. The molecule has 0 unspecified atom stereocenters. The predicted molar refractivity (Wildman–Crippen MR) is 64.9 cm³/mol. The highest BCUT2D eigenvalue weighted by atomic mass is 32.2. The van der Waals surface area contributed by atoms with Crippen LogP contribution in [0.5, 0.6) is 5.75 Å². The monoisotopic (exact) mass is 262 g/mol. The van der Waals surface area contributed by atoms with Crippen LogP contribution in [0.15, 0.2) is 24.3 Å². The van der Waals surface area contributed by atoms with Crippen molar-refractivity contribution in [2.24, 2.45) is 0 Å². The van der Waals surface area contributed by atoms with Crippen LogP contribution in [0, 0.1) is 0 Å². The molecule has 0 amide bonds. The zero-order valence-corrected chi connectivity index (χ0v) is 11.3. The Bertz CT molecular complexity index is 465. The van der Waals surface area contributed by atoms with Gasteiger partial charge in [-0.05, 0) is 11.3 Å². The van der Waals surface area contributed by atoms with Crippen LogP contribution < -0.4 is 9.37 Å². The standard InChI is InChI=1S/C10H15FO3SSi/c1-16(2,3)10-7-5-4-6-9(10)14-15(12,13)8-11/h4-7H,8H2,1-3H3. The molecule has 16 heavy (non-hydrogen) atoms. The lowest BCUT2D eigenvalue weighted by molar-refractivity contribution is 0.452. The number of para-hydroxylation sites is 1. The van der Waals surface area contributed by atoms with Crippen LogP contribution >= 0.6 is 0 Å². The van der Waals surface area contributed by atoms with E-state index in [4.69, 9.17) is 4.18 Å². The largest absolute Gasteiger partial charge is 0.381 e. The maximum Gasteiger partial charge on any atom is 0.339 e. The van der Waals surface area contributed by atoms with Crippen molar-refractivity contribution in [1.29, 1.82) is 0 Å². The molecule has 1 aromatic carbocycles. The zero-order valence-electron chi connectivity index (χ0n) is 9.53. The summed E-state index contributed by atoms with van der Waals surface area (Å²) in [4.78, 5) is 0. The number of hydrogen-bond acceptors (Lipinski definition) is 3. The summed E-state index contributed by atoms with van der Waals surface area (Å²) in [5, 5.41) is 0.868. The van der Waals surface area contributed by atoms with E-state index in [1.54, 1.807) is 12.1 Å². The highest BCUT2D eigenvalue weighted by Gasteiger charge is 2.23. The van der Waals surface area contributed by atoms with Gasteiger partial charge in [0, 0.05) is 0 Å². The maximum absolute atomic E-state index is 12.2. The van der Waals surface area contributed by atoms with Crippen molar-refractivity contribution >= 4 is 23.4 Å². The molecule has 0 aliphatic rings. The summed E-state index contributed by atoms with van der Waals surface area (Å²) >= 11 is 0. The second kappa shape index (κ2) is 4.55. The Balaban J connectivity index is 3.16. The Morgan fingerprint density at radius 3 is 2.31 bits per heavy atom. The minimum Gasteiger partial charge on any atom is -0.381 e. The third kappa shape index (κ3) is 3.31. The molecule has 1 rings (SSSR count). The second-order valence-electron chi connectivity index (χ2n) is 4.50. The highest BCUT2D eigenvalue weighted by Crippen LogP contribution is 2.16. The first-order valence-electron chi connectivity index (χ1n) is 4.84. The van der Waals surface area contributed by atoms with E-state index in [1.165, 1.54) is 0 Å². The van der Waals surface area contributed by atoms with Gasteiger partial charge in [0.25, 0.3) is 0 Å². The quantitative estimate of drug-likeness (QED) is 0.614. The van der Waals surface area contributed by atoms with Gasteiger partial charge in [0.2, 0.25) is 6.01 Å². The fourth-order valence-electron chi connectivity index (χ4n) is 1.32. The Kier molecular flexibility index (Phi) is 3.74. The molecule has 0 fully saturated rings. The van der Waals surface area contributed by atoms with Crippen LogP contribution in [0.2, 0.25) is 19.6 Å². The lowest BCUT2D eigenvalue weighted by Crippen LogP contribution is -2.39. The second-order valence-corrected chi connectivity index (χ2v) is 11.0. The molecule has 0 aromatic heterocycles. The predicted octanol–water partition coefficient (Wildman–Crippen LogP) is 1.87. The van der Waals surface area contributed by atoms with Gasteiger partial charge < -0.3 is 4.18 Å². The SMILES string of the molecule is C[Si](C)(C)c1ccccc1OS(=O)(=O)CF. The van der Waals surface area contributed by atoms with Gasteiger partial charge in [0.1, 0.15) is 5.75 Å². The molecule has 1 aromatic rings. The molecular weight excluding hydrogens is 247 g/mol. The highest BCUT2D eigenvalue weighted by molar-refractivity contribution is 7.86. The summed E-state index contributed by atoms with van der Waals surface area (Å²) in [6, 6.07) is 5.37. The Morgan fingerprint density at radius 2 is 1.81 bits per heavy atom. The summed E-state index contributed by atoms with van der Waals surface area (Å²) in [6.45, 7) is 6.20. The molecule has 0 saturated carbocycles. The molecule has 0 aliphatic heterocycles. The van der Waals surface area contributed by atoms with Crippen molar-refractivity contribution in [2.45, 2.75) is 19.6 Å². The molecule has 0 saturated heterocycles. The minimum atomic E-state index is -4.10. The first kappa shape index (κ1) is 13.2. The molecular formula is C10H15FO3SSi. The van der Waals surface area contributed by atoms with Crippen LogP contribution in [-0.2, 0) is 10.1 Å². The molecule has 0 heterocycles. The molecule has 0 N–H and O–H groups in total. The zero-order chi connectivity index (χ0) is 12.4.